The van der Waals surface area contributed by atoms with E-state index in [4.69, 9.17) is 4.74 Å². The van der Waals surface area contributed by atoms with Gasteiger partial charge in [-0.25, -0.2) is 9.18 Å². The molecular formula is C17H20FNO4. The molecular weight excluding hydrogens is 301 g/mol. The second-order valence-corrected chi connectivity index (χ2v) is 6.32. The van der Waals surface area contributed by atoms with Gasteiger partial charge in [-0.2, -0.15) is 0 Å². The molecule has 1 saturated carbocycles. The van der Waals surface area contributed by atoms with Crippen molar-refractivity contribution < 1.29 is 23.8 Å². The number of hydrogen-bond donors (Lipinski definition) is 1. The van der Waals surface area contributed by atoms with Crippen molar-refractivity contribution in [3.63, 3.8) is 0 Å². The topological polar surface area (TPSA) is 66.8 Å². The number of carboxylic acids is 1. The maximum atomic E-state index is 13.4. The second kappa shape index (κ2) is 6.18. The van der Waals surface area contributed by atoms with Crippen LogP contribution in [-0.2, 0) is 16.0 Å². The Kier molecular flexibility index (Phi) is 4.24. The molecule has 1 aliphatic carbocycles. The number of carbonyl (C=O) groups excluding carboxylic acids is 1. The smallest absolute Gasteiger partial charge is 0.326 e. The molecule has 1 heterocycles. The highest BCUT2D eigenvalue weighted by molar-refractivity contribution is 5.86. The molecule has 124 valence electrons. The van der Waals surface area contributed by atoms with Gasteiger partial charge in [-0.1, -0.05) is 6.42 Å². The first kappa shape index (κ1) is 15.8. The number of ether oxygens (including phenoxy) is 1. The minimum absolute atomic E-state index is 0.0471. The number of carboxylic acid groups (broad SMARTS) is 1. The Balaban J connectivity index is 1.80. The number of methoxy groups -OCH3 is 1. The first-order chi connectivity index (χ1) is 11.0. The van der Waals surface area contributed by atoms with Gasteiger partial charge in [0.1, 0.15) is 17.6 Å². The normalized spacial score (nSPS) is 26.2. The van der Waals surface area contributed by atoms with Crippen LogP contribution in [0.15, 0.2) is 18.2 Å². The highest BCUT2D eigenvalue weighted by atomic mass is 19.1. The van der Waals surface area contributed by atoms with Crippen molar-refractivity contribution in [3.05, 3.63) is 29.6 Å². The van der Waals surface area contributed by atoms with Gasteiger partial charge in [0, 0.05) is 12.1 Å². The summed E-state index contributed by atoms with van der Waals surface area (Å²) in [5.41, 5.74) is 0.443. The minimum atomic E-state index is -0.945. The molecule has 23 heavy (non-hydrogen) atoms. The molecule has 1 saturated heterocycles. The molecule has 5 nitrogen and oxygen atoms in total. The summed E-state index contributed by atoms with van der Waals surface area (Å²) >= 11 is 0. The number of amides is 1. The quantitative estimate of drug-likeness (QED) is 0.922. The van der Waals surface area contributed by atoms with E-state index in [2.05, 4.69) is 0 Å². The average molecular weight is 321 g/mol. The lowest BCUT2D eigenvalue weighted by Crippen LogP contribution is -2.44. The fraction of sp³-hybridized carbons (Fsp3) is 0.529. The second-order valence-electron chi connectivity index (χ2n) is 6.32. The average Bonchev–Trinajstić information content (AvgIpc) is 3.07. The molecule has 1 N–H and O–H groups in total. The van der Waals surface area contributed by atoms with Crippen LogP contribution in [0.5, 0.6) is 5.75 Å². The van der Waals surface area contributed by atoms with Crippen molar-refractivity contribution in [2.75, 3.05) is 13.7 Å². The van der Waals surface area contributed by atoms with E-state index in [0.717, 1.165) is 19.3 Å². The van der Waals surface area contributed by atoms with Gasteiger partial charge in [0.05, 0.1) is 13.5 Å². The summed E-state index contributed by atoms with van der Waals surface area (Å²) < 4.78 is 18.6. The Morgan fingerprint density at radius 2 is 2.17 bits per heavy atom. The summed E-state index contributed by atoms with van der Waals surface area (Å²) in [5, 5.41) is 9.51. The predicted octanol–water partition coefficient (Wildman–Crippen LogP) is 2.09. The predicted molar refractivity (Wildman–Crippen MR) is 80.6 cm³/mol. The summed E-state index contributed by atoms with van der Waals surface area (Å²) in [4.78, 5) is 25.7. The molecule has 2 aliphatic rings. The van der Waals surface area contributed by atoms with Crippen molar-refractivity contribution in [1.29, 1.82) is 0 Å². The summed E-state index contributed by atoms with van der Waals surface area (Å²) in [6.07, 6.45) is 2.80. The zero-order chi connectivity index (χ0) is 16.6. The Morgan fingerprint density at radius 1 is 1.39 bits per heavy atom. The molecule has 6 heteroatoms. The van der Waals surface area contributed by atoms with E-state index in [9.17, 15) is 19.1 Å². The van der Waals surface area contributed by atoms with Crippen LogP contribution < -0.4 is 4.74 Å². The van der Waals surface area contributed by atoms with E-state index in [0.29, 0.717) is 17.9 Å². The molecule has 2 fully saturated rings. The number of halogens is 1. The van der Waals surface area contributed by atoms with Gasteiger partial charge in [-0.15, -0.1) is 0 Å². The number of likely N-dealkylation sites (tertiary alicyclic amines) is 1. The SMILES string of the molecule is COc1ccc(F)cc1CC(=O)N1C[C@@H]2CCC[C@@H]2[C@H]1C(=O)O. The molecule has 1 aromatic carbocycles. The van der Waals surface area contributed by atoms with Crippen LogP contribution >= 0.6 is 0 Å². The number of benzene rings is 1. The molecule has 3 rings (SSSR count). The minimum Gasteiger partial charge on any atom is -0.496 e. The Hall–Kier alpha value is -2.11. The van der Waals surface area contributed by atoms with Crippen LogP contribution in [0.3, 0.4) is 0 Å². The third-order valence-corrected chi connectivity index (χ3v) is 5.05. The molecule has 1 aliphatic heterocycles. The molecule has 0 aromatic heterocycles. The monoisotopic (exact) mass is 321 g/mol. The van der Waals surface area contributed by atoms with Gasteiger partial charge >= 0.3 is 5.97 Å². The molecule has 0 bridgehead atoms. The molecule has 1 aromatic rings. The van der Waals surface area contributed by atoms with Crippen LogP contribution in [0.25, 0.3) is 0 Å². The third kappa shape index (κ3) is 2.90. The van der Waals surface area contributed by atoms with Gasteiger partial charge in [-0.05, 0) is 42.9 Å². The highest BCUT2D eigenvalue weighted by Crippen LogP contribution is 2.42. The van der Waals surface area contributed by atoms with Crippen LogP contribution in [0.2, 0.25) is 0 Å². The van der Waals surface area contributed by atoms with E-state index in [1.807, 2.05) is 0 Å². The largest absolute Gasteiger partial charge is 0.496 e. The van der Waals surface area contributed by atoms with E-state index in [1.54, 1.807) is 0 Å². The van der Waals surface area contributed by atoms with Crippen molar-refractivity contribution >= 4 is 11.9 Å². The number of nitrogens with zero attached hydrogens (tertiary/aromatic N) is 1. The Labute approximate surface area is 134 Å². The Morgan fingerprint density at radius 3 is 2.87 bits per heavy atom. The van der Waals surface area contributed by atoms with Gasteiger partial charge in [0.15, 0.2) is 0 Å². The standard InChI is InChI=1S/C17H20FNO4/c1-23-14-6-5-12(18)7-11(14)8-15(20)19-9-10-3-2-4-13(10)16(19)17(21)22/h5-7,10,13,16H,2-4,8-9H2,1H3,(H,21,22)/t10-,13-,16-/m0/s1. The lowest BCUT2D eigenvalue weighted by molar-refractivity contribution is -0.149. The zero-order valence-corrected chi connectivity index (χ0v) is 13.0. The number of carbonyl (C=O) groups is 2. The van der Waals surface area contributed by atoms with E-state index < -0.39 is 17.8 Å². The van der Waals surface area contributed by atoms with Crippen LogP contribution in [0, 0.1) is 17.7 Å². The molecule has 3 atom stereocenters. The Bertz CT molecular complexity index is 633. The van der Waals surface area contributed by atoms with Crippen LogP contribution in [-0.4, -0.2) is 41.6 Å². The highest BCUT2D eigenvalue weighted by Gasteiger charge is 2.49. The molecule has 0 radical (unpaired) electrons. The first-order valence-corrected chi connectivity index (χ1v) is 7.86. The molecule has 0 spiro atoms. The fourth-order valence-electron chi connectivity index (χ4n) is 4.03. The summed E-state index contributed by atoms with van der Waals surface area (Å²) in [7, 11) is 1.46. The van der Waals surface area contributed by atoms with Crippen LogP contribution in [0.4, 0.5) is 4.39 Å². The number of aliphatic carboxylic acids is 1. The van der Waals surface area contributed by atoms with E-state index in [-0.39, 0.29) is 24.2 Å². The van der Waals surface area contributed by atoms with Gasteiger partial charge in [-0.3, -0.25) is 4.79 Å². The van der Waals surface area contributed by atoms with Gasteiger partial charge in [0.2, 0.25) is 5.91 Å². The fourth-order valence-corrected chi connectivity index (χ4v) is 4.03. The lowest BCUT2D eigenvalue weighted by Gasteiger charge is -2.24. The third-order valence-electron chi connectivity index (χ3n) is 5.05. The molecule has 0 unspecified atom stereocenters. The van der Waals surface area contributed by atoms with Crippen molar-refractivity contribution in [3.8, 4) is 5.75 Å². The number of rotatable bonds is 4. The first-order valence-electron chi connectivity index (χ1n) is 7.86. The maximum Gasteiger partial charge on any atom is 0.326 e. The maximum absolute atomic E-state index is 13.4. The number of fused-ring (bicyclic) bond motifs is 1. The van der Waals surface area contributed by atoms with Crippen molar-refractivity contribution in [2.24, 2.45) is 11.8 Å². The van der Waals surface area contributed by atoms with Crippen molar-refractivity contribution in [1.82, 2.24) is 4.90 Å². The van der Waals surface area contributed by atoms with Gasteiger partial charge in [0.25, 0.3) is 0 Å². The summed E-state index contributed by atoms with van der Waals surface area (Å²) in [5.74, 6) is -0.914. The summed E-state index contributed by atoms with van der Waals surface area (Å²) in [6.45, 7) is 0.484. The van der Waals surface area contributed by atoms with Crippen LogP contribution in [0.1, 0.15) is 24.8 Å². The number of hydrogen-bond acceptors (Lipinski definition) is 3. The van der Waals surface area contributed by atoms with E-state index >= 15 is 0 Å². The summed E-state index contributed by atoms with van der Waals surface area (Å²) in [6, 6.07) is 3.26. The molecule has 1 amide bonds. The zero-order valence-electron chi connectivity index (χ0n) is 13.0. The lowest BCUT2D eigenvalue weighted by atomic mass is 9.94. The van der Waals surface area contributed by atoms with Gasteiger partial charge < -0.3 is 14.7 Å². The van der Waals surface area contributed by atoms with Crippen molar-refractivity contribution in [2.45, 2.75) is 31.7 Å². The van der Waals surface area contributed by atoms with E-state index in [1.165, 1.54) is 30.2 Å².